The van der Waals surface area contributed by atoms with E-state index in [1.807, 2.05) is 0 Å². The maximum absolute atomic E-state index is 12.1. The molecule has 110 valence electrons. The first-order valence-corrected chi connectivity index (χ1v) is 6.85. The summed E-state index contributed by atoms with van der Waals surface area (Å²) < 4.78 is 16.3. The summed E-state index contributed by atoms with van der Waals surface area (Å²) in [6.07, 6.45) is 3.07. The van der Waals surface area contributed by atoms with Crippen LogP contribution in [-0.4, -0.2) is 23.5 Å². The standard InChI is InChI=1S/C15H20O5/c1-4-5-6-9-18-11-8-7-10(16)13-12(11)14(17)20-15(2,3)19-13/h7-8,16H,4-6,9H2,1-3H3. The Balaban J connectivity index is 2.26. The fourth-order valence-corrected chi connectivity index (χ4v) is 2.05. The minimum atomic E-state index is -1.09. The Kier molecular flexibility index (Phi) is 4.06. The third-order valence-corrected chi connectivity index (χ3v) is 2.99. The first-order chi connectivity index (χ1) is 9.44. The molecule has 20 heavy (non-hydrogen) atoms. The summed E-state index contributed by atoms with van der Waals surface area (Å²) >= 11 is 0. The Hall–Kier alpha value is -1.91. The Morgan fingerprint density at radius 2 is 2.00 bits per heavy atom. The summed E-state index contributed by atoms with van der Waals surface area (Å²) in [5.41, 5.74) is 0.154. The van der Waals surface area contributed by atoms with Gasteiger partial charge in [0.15, 0.2) is 11.5 Å². The number of carbonyl (C=O) groups is 1. The van der Waals surface area contributed by atoms with Crippen LogP contribution in [0.5, 0.6) is 17.2 Å². The normalized spacial score (nSPS) is 16.1. The number of aromatic hydroxyl groups is 1. The second-order valence-electron chi connectivity index (χ2n) is 5.23. The van der Waals surface area contributed by atoms with Gasteiger partial charge in [0, 0.05) is 13.8 Å². The summed E-state index contributed by atoms with van der Waals surface area (Å²) in [5, 5.41) is 9.85. The van der Waals surface area contributed by atoms with E-state index in [1.165, 1.54) is 6.07 Å². The molecule has 2 rings (SSSR count). The zero-order valence-corrected chi connectivity index (χ0v) is 12.1. The van der Waals surface area contributed by atoms with Gasteiger partial charge in [-0.25, -0.2) is 4.79 Å². The lowest BCUT2D eigenvalue weighted by Crippen LogP contribution is -2.39. The van der Waals surface area contributed by atoms with Gasteiger partial charge in [-0.3, -0.25) is 0 Å². The van der Waals surface area contributed by atoms with Crippen molar-refractivity contribution >= 4 is 5.97 Å². The molecule has 0 atom stereocenters. The largest absolute Gasteiger partial charge is 0.504 e. The number of hydrogen-bond acceptors (Lipinski definition) is 5. The van der Waals surface area contributed by atoms with Crippen LogP contribution in [0.2, 0.25) is 0 Å². The van der Waals surface area contributed by atoms with Crippen LogP contribution in [0.15, 0.2) is 12.1 Å². The van der Waals surface area contributed by atoms with E-state index < -0.39 is 11.8 Å². The van der Waals surface area contributed by atoms with E-state index in [0.717, 1.165) is 19.3 Å². The Bertz CT molecular complexity index is 507. The summed E-state index contributed by atoms with van der Waals surface area (Å²) in [6, 6.07) is 3.02. The van der Waals surface area contributed by atoms with Crippen molar-refractivity contribution in [1.82, 2.24) is 0 Å². The van der Waals surface area contributed by atoms with Crippen LogP contribution in [0.4, 0.5) is 0 Å². The van der Waals surface area contributed by atoms with Crippen LogP contribution in [0.3, 0.4) is 0 Å². The van der Waals surface area contributed by atoms with Gasteiger partial charge < -0.3 is 19.3 Å². The molecule has 5 nitrogen and oxygen atoms in total. The number of cyclic esters (lactones) is 1. The number of phenolic OH excluding ortho intramolecular Hbond substituents is 1. The summed E-state index contributed by atoms with van der Waals surface area (Å²) in [4.78, 5) is 12.1. The predicted molar refractivity (Wildman–Crippen MR) is 73.2 cm³/mol. The molecule has 1 aromatic carbocycles. The number of carbonyl (C=O) groups excluding carboxylic acids is 1. The molecule has 5 heteroatoms. The zero-order valence-electron chi connectivity index (χ0n) is 12.1. The fourth-order valence-electron chi connectivity index (χ4n) is 2.05. The molecule has 0 fully saturated rings. The molecule has 0 amide bonds. The van der Waals surface area contributed by atoms with E-state index in [1.54, 1.807) is 19.9 Å². The van der Waals surface area contributed by atoms with Crippen molar-refractivity contribution in [3.05, 3.63) is 17.7 Å². The topological polar surface area (TPSA) is 65.0 Å². The minimum Gasteiger partial charge on any atom is -0.504 e. The van der Waals surface area contributed by atoms with Gasteiger partial charge >= 0.3 is 5.97 Å². The number of rotatable bonds is 5. The number of phenols is 1. The van der Waals surface area contributed by atoms with Crippen molar-refractivity contribution in [2.75, 3.05) is 6.61 Å². The van der Waals surface area contributed by atoms with Gasteiger partial charge in [-0.05, 0) is 18.6 Å². The fraction of sp³-hybridized carbons (Fsp3) is 0.533. The molecule has 1 aliphatic heterocycles. The van der Waals surface area contributed by atoms with E-state index in [0.29, 0.717) is 12.4 Å². The number of ether oxygens (including phenoxy) is 3. The van der Waals surface area contributed by atoms with Crippen LogP contribution < -0.4 is 9.47 Å². The van der Waals surface area contributed by atoms with Gasteiger partial charge in [0.25, 0.3) is 0 Å². The molecule has 0 bridgehead atoms. The highest BCUT2D eigenvalue weighted by Crippen LogP contribution is 2.42. The number of benzene rings is 1. The molecule has 0 saturated carbocycles. The molecule has 0 spiro atoms. The van der Waals surface area contributed by atoms with E-state index in [4.69, 9.17) is 14.2 Å². The Morgan fingerprint density at radius 1 is 1.25 bits per heavy atom. The van der Waals surface area contributed by atoms with Crippen molar-refractivity contribution in [1.29, 1.82) is 0 Å². The lowest BCUT2D eigenvalue weighted by molar-refractivity contribution is -0.128. The molecule has 0 unspecified atom stereocenters. The highest BCUT2D eigenvalue weighted by Gasteiger charge is 2.38. The first-order valence-electron chi connectivity index (χ1n) is 6.85. The van der Waals surface area contributed by atoms with E-state index >= 15 is 0 Å². The van der Waals surface area contributed by atoms with Gasteiger partial charge in [0.1, 0.15) is 11.3 Å². The molecule has 0 radical (unpaired) electrons. The van der Waals surface area contributed by atoms with Crippen molar-refractivity contribution in [2.24, 2.45) is 0 Å². The summed E-state index contributed by atoms with van der Waals surface area (Å²) in [6.45, 7) is 5.85. The molecular weight excluding hydrogens is 260 g/mol. The minimum absolute atomic E-state index is 0.0920. The van der Waals surface area contributed by atoms with Crippen LogP contribution in [-0.2, 0) is 4.74 Å². The van der Waals surface area contributed by atoms with Gasteiger partial charge in [-0.15, -0.1) is 0 Å². The first kappa shape index (κ1) is 14.5. The third kappa shape index (κ3) is 2.98. The molecule has 0 saturated heterocycles. The average molecular weight is 280 g/mol. The lowest BCUT2D eigenvalue weighted by atomic mass is 10.1. The van der Waals surface area contributed by atoms with E-state index in [-0.39, 0.29) is 17.1 Å². The molecule has 1 heterocycles. The van der Waals surface area contributed by atoms with Crippen LogP contribution >= 0.6 is 0 Å². The van der Waals surface area contributed by atoms with Crippen LogP contribution in [0.25, 0.3) is 0 Å². The smallest absolute Gasteiger partial charge is 0.349 e. The maximum Gasteiger partial charge on any atom is 0.349 e. The second-order valence-corrected chi connectivity index (χ2v) is 5.23. The van der Waals surface area contributed by atoms with Crippen molar-refractivity contribution in [2.45, 2.75) is 45.8 Å². The van der Waals surface area contributed by atoms with Gasteiger partial charge in [0.2, 0.25) is 5.79 Å². The van der Waals surface area contributed by atoms with E-state index in [2.05, 4.69) is 6.92 Å². The highest BCUT2D eigenvalue weighted by atomic mass is 16.7. The number of fused-ring (bicyclic) bond motifs is 1. The predicted octanol–water partition coefficient (Wildman–Crippen LogP) is 3.25. The molecular formula is C15H20O5. The number of unbranched alkanes of at least 4 members (excludes halogenated alkanes) is 2. The third-order valence-electron chi connectivity index (χ3n) is 2.99. The second kappa shape index (κ2) is 5.61. The van der Waals surface area contributed by atoms with Gasteiger partial charge in [0.05, 0.1) is 6.61 Å². The Morgan fingerprint density at radius 3 is 2.70 bits per heavy atom. The quantitative estimate of drug-likeness (QED) is 0.662. The van der Waals surface area contributed by atoms with Gasteiger partial charge in [-0.2, -0.15) is 0 Å². The number of hydrogen-bond donors (Lipinski definition) is 1. The maximum atomic E-state index is 12.1. The molecule has 1 N–H and O–H groups in total. The zero-order chi connectivity index (χ0) is 14.8. The van der Waals surface area contributed by atoms with Gasteiger partial charge in [-0.1, -0.05) is 19.8 Å². The highest BCUT2D eigenvalue weighted by molar-refractivity contribution is 5.97. The summed E-state index contributed by atoms with van der Waals surface area (Å²) in [7, 11) is 0. The Labute approximate surface area is 118 Å². The molecule has 0 aromatic heterocycles. The summed E-state index contributed by atoms with van der Waals surface area (Å²) in [5.74, 6) is -1.22. The molecule has 0 aliphatic carbocycles. The monoisotopic (exact) mass is 280 g/mol. The lowest BCUT2D eigenvalue weighted by Gasteiger charge is -2.32. The molecule has 1 aromatic rings. The van der Waals surface area contributed by atoms with Crippen molar-refractivity contribution in [3.63, 3.8) is 0 Å². The van der Waals surface area contributed by atoms with Crippen LogP contribution in [0.1, 0.15) is 50.4 Å². The number of esters is 1. The van der Waals surface area contributed by atoms with Crippen molar-refractivity contribution in [3.8, 4) is 17.2 Å². The van der Waals surface area contributed by atoms with E-state index in [9.17, 15) is 9.90 Å². The average Bonchev–Trinajstić information content (AvgIpc) is 2.36. The molecule has 1 aliphatic rings. The van der Waals surface area contributed by atoms with Crippen LogP contribution in [0, 0.1) is 0 Å². The van der Waals surface area contributed by atoms with Crippen molar-refractivity contribution < 1.29 is 24.1 Å². The SMILES string of the molecule is CCCCCOc1ccc(O)c2c1C(=O)OC(C)(C)O2.